The number of pyridine rings is 2. The molecule has 210 valence electrons. The van der Waals surface area contributed by atoms with Crippen molar-refractivity contribution in [3.63, 3.8) is 0 Å². The van der Waals surface area contributed by atoms with Crippen LogP contribution in [0.25, 0.3) is 83.0 Å². The molecule has 0 aliphatic heterocycles. The molecule has 0 radical (unpaired) electrons. The van der Waals surface area contributed by atoms with E-state index in [4.69, 9.17) is 9.97 Å². The third-order valence-corrected chi connectivity index (χ3v) is 8.83. The lowest BCUT2D eigenvalue weighted by atomic mass is 9.92. The van der Waals surface area contributed by atoms with E-state index >= 15 is 0 Å². The zero-order chi connectivity index (χ0) is 29.7. The summed E-state index contributed by atoms with van der Waals surface area (Å²) in [6, 6.07) is 55.9. The molecule has 0 saturated carbocycles. The summed E-state index contributed by atoms with van der Waals surface area (Å²) in [4.78, 5) is 10.0. The monoisotopic (exact) mass is 573 g/mol. The largest absolute Gasteiger partial charge is 0.299 e. The van der Waals surface area contributed by atoms with Crippen molar-refractivity contribution in [1.29, 1.82) is 0 Å². The van der Waals surface area contributed by atoms with Gasteiger partial charge in [-0.25, -0.2) is 9.97 Å². The highest BCUT2D eigenvalue weighted by atomic mass is 15.0. The van der Waals surface area contributed by atoms with Crippen molar-refractivity contribution >= 4 is 38.1 Å². The Morgan fingerprint density at radius 3 is 1.84 bits per heavy atom. The normalized spacial score (nSPS) is 11.6. The van der Waals surface area contributed by atoms with Crippen LogP contribution in [-0.4, -0.2) is 14.4 Å². The Kier molecular flexibility index (Phi) is 5.82. The first-order valence-electron chi connectivity index (χ1n) is 15.3. The lowest BCUT2D eigenvalue weighted by Crippen LogP contribution is -1.91. The van der Waals surface area contributed by atoms with E-state index in [2.05, 4.69) is 138 Å². The maximum absolute atomic E-state index is 5.03. The molecule has 6 aromatic carbocycles. The summed E-state index contributed by atoms with van der Waals surface area (Å²) in [5.41, 5.74) is 10.6. The highest BCUT2D eigenvalue weighted by Gasteiger charge is 2.17. The number of para-hydroxylation sites is 1. The first kappa shape index (κ1) is 25.4. The summed E-state index contributed by atoms with van der Waals surface area (Å²) < 4.78 is 2.16. The highest BCUT2D eigenvalue weighted by molar-refractivity contribution is 6.13. The molecule has 0 aliphatic carbocycles. The number of fused-ring (bicyclic) bond motifs is 5. The van der Waals surface area contributed by atoms with Gasteiger partial charge < -0.3 is 0 Å². The summed E-state index contributed by atoms with van der Waals surface area (Å²) in [6.45, 7) is 0. The Morgan fingerprint density at radius 2 is 1.04 bits per heavy atom. The van der Waals surface area contributed by atoms with E-state index < -0.39 is 0 Å². The van der Waals surface area contributed by atoms with Gasteiger partial charge in [-0.1, -0.05) is 127 Å². The molecule has 0 unspecified atom stereocenters. The molecule has 3 nitrogen and oxygen atoms in total. The predicted molar refractivity (Wildman–Crippen MR) is 187 cm³/mol. The number of hydrogen-bond donors (Lipinski definition) is 0. The van der Waals surface area contributed by atoms with Crippen molar-refractivity contribution in [3.8, 4) is 44.9 Å². The van der Waals surface area contributed by atoms with Crippen molar-refractivity contribution in [2.24, 2.45) is 0 Å². The van der Waals surface area contributed by atoms with Crippen LogP contribution in [0.1, 0.15) is 0 Å². The SMILES string of the molecule is c1ccc2nc(-c3nc4ccccn4c3-c3ccc(-c4ccc(-c5cc6ccccc6c6ccccc56)cc4)cc3)ccc2c1. The minimum absolute atomic E-state index is 0.869. The fourth-order valence-corrected chi connectivity index (χ4v) is 6.60. The molecule has 3 heterocycles. The molecule has 0 aliphatic rings. The summed E-state index contributed by atoms with van der Waals surface area (Å²) >= 11 is 0. The quantitative estimate of drug-likeness (QED) is 0.196. The Labute approximate surface area is 260 Å². The van der Waals surface area contributed by atoms with Gasteiger partial charge in [0.15, 0.2) is 0 Å². The van der Waals surface area contributed by atoms with Crippen LogP contribution in [-0.2, 0) is 0 Å². The van der Waals surface area contributed by atoms with E-state index in [1.165, 1.54) is 43.8 Å². The maximum Gasteiger partial charge on any atom is 0.138 e. The molecule has 45 heavy (non-hydrogen) atoms. The van der Waals surface area contributed by atoms with Crippen LogP contribution in [0.4, 0.5) is 0 Å². The van der Waals surface area contributed by atoms with Gasteiger partial charge in [-0.15, -0.1) is 0 Å². The molecule has 0 atom stereocenters. The van der Waals surface area contributed by atoms with E-state index in [1.54, 1.807) is 0 Å². The standard InChI is InChI=1S/C42H27N3/c1-3-11-34-33(10-1)27-37(36-13-5-4-12-35(34)36)30-20-16-28(17-21-30)29-18-22-32(23-19-29)42-41(44-40-15-7-8-26-45(40)42)39-25-24-31-9-2-6-14-38(31)43-39/h1-27H. The number of benzene rings is 6. The van der Waals surface area contributed by atoms with Crippen LogP contribution in [0.5, 0.6) is 0 Å². The van der Waals surface area contributed by atoms with Crippen LogP contribution >= 0.6 is 0 Å². The highest BCUT2D eigenvalue weighted by Crippen LogP contribution is 2.37. The zero-order valence-corrected chi connectivity index (χ0v) is 24.4. The molecule has 0 fully saturated rings. The predicted octanol–water partition coefficient (Wildman–Crippen LogP) is 10.9. The fourth-order valence-electron chi connectivity index (χ4n) is 6.60. The van der Waals surface area contributed by atoms with Gasteiger partial charge in [0.1, 0.15) is 11.3 Å². The molecule has 0 amide bonds. The summed E-state index contributed by atoms with van der Waals surface area (Å²) in [5.74, 6) is 0. The van der Waals surface area contributed by atoms with Crippen LogP contribution in [0.15, 0.2) is 164 Å². The average molecular weight is 574 g/mol. The number of hydrogen-bond acceptors (Lipinski definition) is 2. The van der Waals surface area contributed by atoms with E-state index in [-0.39, 0.29) is 0 Å². The molecular formula is C42H27N3. The van der Waals surface area contributed by atoms with Crippen LogP contribution < -0.4 is 0 Å². The number of nitrogens with zero attached hydrogens (tertiary/aromatic N) is 3. The van der Waals surface area contributed by atoms with Gasteiger partial charge in [0.05, 0.1) is 16.9 Å². The first-order valence-corrected chi connectivity index (χ1v) is 15.3. The summed E-state index contributed by atoms with van der Waals surface area (Å²) in [5, 5.41) is 6.24. The van der Waals surface area contributed by atoms with Gasteiger partial charge in [-0.3, -0.25) is 4.40 Å². The molecule has 3 aromatic heterocycles. The number of rotatable bonds is 4. The summed E-state index contributed by atoms with van der Waals surface area (Å²) in [7, 11) is 0. The number of imidazole rings is 1. The Bertz CT molecular complexity index is 2520. The molecule has 9 rings (SSSR count). The van der Waals surface area contributed by atoms with Gasteiger partial charge in [-0.05, 0) is 74.1 Å². The molecule has 0 bridgehead atoms. The topological polar surface area (TPSA) is 30.2 Å². The number of aromatic nitrogens is 3. The smallest absolute Gasteiger partial charge is 0.138 e. The third-order valence-electron chi connectivity index (χ3n) is 8.83. The second-order valence-electron chi connectivity index (χ2n) is 11.5. The van der Waals surface area contributed by atoms with Crippen LogP contribution in [0, 0.1) is 0 Å². The van der Waals surface area contributed by atoms with Gasteiger partial charge in [0.2, 0.25) is 0 Å². The molecular weight excluding hydrogens is 546 g/mol. The molecule has 9 aromatic rings. The average Bonchev–Trinajstić information content (AvgIpc) is 3.51. The van der Waals surface area contributed by atoms with Crippen LogP contribution in [0.2, 0.25) is 0 Å². The van der Waals surface area contributed by atoms with Crippen molar-refractivity contribution in [2.75, 3.05) is 0 Å². The minimum Gasteiger partial charge on any atom is -0.299 e. The van der Waals surface area contributed by atoms with Crippen LogP contribution in [0.3, 0.4) is 0 Å². The zero-order valence-electron chi connectivity index (χ0n) is 24.4. The molecule has 0 spiro atoms. The lowest BCUT2D eigenvalue weighted by molar-refractivity contribution is 1.19. The third kappa shape index (κ3) is 4.29. The van der Waals surface area contributed by atoms with Crippen molar-refractivity contribution < 1.29 is 0 Å². The second-order valence-corrected chi connectivity index (χ2v) is 11.5. The molecule has 0 N–H and O–H groups in total. The van der Waals surface area contributed by atoms with E-state index in [9.17, 15) is 0 Å². The Morgan fingerprint density at radius 1 is 0.422 bits per heavy atom. The van der Waals surface area contributed by atoms with Gasteiger partial charge in [-0.2, -0.15) is 0 Å². The van der Waals surface area contributed by atoms with Crippen molar-refractivity contribution in [3.05, 3.63) is 164 Å². The van der Waals surface area contributed by atoms with E-state index in [1.807, 2.05) is 30.3 Å². The van der Waals surface area contributed by atoms with E-state index in [0.29, 0.717) is 0 Å². The van der Waals surface area contributed by atoms with Crippen molar-refractivity contribution in [1.82, 2.24) is 14.4 Å². The van der Waals surface area contributed by atoms with Crippen molar-refractivity contribution in [2.45, 2.75) is 0 Å². The Hall–Kier alpha value is -6.06. The van der Waals surface area contributed by atoms with Gasteiger partial charge in [0.25, 0.3) is 0 Å². The molecule has 0 saturated heterocycles. The summed E-state index contributed by atoms with van der Waals surface area (Å²) in [6.07, 6.45) is 2.07. The van der Waals surface area contributed by atoms with E-state index in [0.717, 1.165) is 39.2 Å². The van der Waals surface area contributed by atoms with Gasteiger partial charge in [0, 0.05) is 17.1 Å². The second kappa shape index (κ2) is 10.3. The maximum atomic E-state index is 5.03. The lowest BCUT2D eigenvalue weighted by Gasteiger charge is -2.12. The fraction of sp³-hybridized carbons (Fsp3) is 0. The molecule has 3 heteroatoms. The Balaban J connectivity index is 1.10. The van der Waals surface area contributed by atoms with Gasteiger partial charge >= 0.3 is 0 Å². The first-order chi connectivity index (χ1) is 22.3. The minimum atomic E-state index is 0.869.